The lowest BCUT2D eigenvalue weighted by Gasteiger charge is -2.39. The van der Waals surface area contributed by atoms with Crippen LogP contribution in [0.4, 0.5) is 4.39 Å². The average Bonchev–Trinajstić information content (AvgIpc) is 3.32. The second-order valence-corrected chi connectivity index (χ2v) is 12.8. The van der Waals surface area contributed by atoms with Crippen LogP contribution >= 0.6 is 22.6 Å². The molecule has 0 saturated carbocycles. The van der Waals surface area contributed by atoms with Gasteiger partial charge in [0.15, 0.2) is 34.6 Å². The molecule has 246 valence electrons. The molecule has 13 nitrogen and oxygen atoms in total. The average molecular weight is 768 g/mol. The second-order valence-electron chi connectivity index (χ2n) is 11.7. The van der Waals surface area contributed by atoms with Crippen molar-refractivity contribution in [1.82, 2.24) is 23.5 Å². The molecule has 48 heavy (non-hydrogen) atoms. The van der Waals surface area contributed by atoms with Crippen molar-refractivity contribution >= 4 is 45.2 Å². The number of rotatable bonds is 6. The first-order valence-electron chi connectivity index (χ1n) is 14.9. The summed E-state index contributed by atoms with van der Waals surface area (Å²) in [6, 6.07) is 6.19. The number of phenolic OH excluding ortho intramolecular Hbond substituents is 1. The predicted octanol–water partition coefficient (Wildman–Crippen LogP) is 2.60. The molecule has 2 aromatic carbocycles. The van der Waals surface area contributed by atoms with Gasteiger partial charge in [-0.15, -0.1) is 0 Å². The van der Waals surface area contributed by atoms with Gasteiger partial charge in [0, 0.05) is 61.7 Å². The van der Waals surface area contributed by atoms with Crippen molar-refractivity contribution in [1.29, 1.82) is 0 Å². The van der Waals surface area contributed by atoms with Gasteiger partial charge in [-0.1, -0.05) is 12.1 Å². The highest BCUT2D eigenvalue weighted by Gasteiger charge is 2.45. The van der Waals surface area contributed by atoms with Gasteiger partial charge >= 0.3 is 11.4 Å². The number of carbonyl (C=O) groups is 2. The number of phenols is 1. The van der Waals surface area contributed by atoms with Crippen LogP contribution in [-0.4, -0.2) is 54.4 Å². The summed E-state index contributed by atoms with van der Waals surface area (Å²) in [6.07, 6.45) is 2.88. The number of aromatic nitrogens is 5. The molecule has 4 aromatic rings. The van der Waals surface area contributed by atoms with Gasteiger partial charge in [0.25, 0.3) is 5.56 Å². The Kier molecular flexibility index (Phi) is 7.60. The van der Waals surface area contributed by atoms with Crippen molar-refractivity contribution < 1.29 is 28.6 Å². The predicted molar refractivity (Wildman–Crippen MR) is 178 cm³/mol. The minimum Gasteiger partial charge on any atom is -0.505 e. The molecule has 1 aliphatic heterocycles. The van der Waals surface area contributed by atoms with E-state index in [-0.39, 0.29) is 52.1 Å². The molecular weight excluding hydrogens is 740 g/mol. The van der Waals surface area contributed by atoms with Crippen molar-refractivity contribution in [3.8, 4) is 17.2 Å². The van der Waals surface area contributed by atoms with Gasteiger partial charge in [-0.2, -0.15) is 0 Å². The molecule has 1 N–H and O–H groups in total. The summed E-state index contributed by atoms with van der Waals surface area (Å²) >= 11 is 1.80. The Labute approximate surface area is 283 Å². The van der Waals surface area contributed by atoms with E-state index in [9.17, 15) is 33.5 Å². The fourth-order valence-electron chi connectivity index (χ4n) is 6.88. The number of nitrogens with zero attached hydrogens (tertiary/aromatic N) is 5. The third-order valence-electron chi connectivity index (χ3n) is 9.21. The number of carbonyl (C=O) groups excluding carboxylic acids is 2. The fourth-order valence-corrected chi connectivity index (χ4v) is 7.45. The van der Waals surface area contributed by atoms with Crippen LogP contribution in [-0.2, 0) is 36.1 Å². The van der Waals surface area contributed by atoms with Gasteiger partial charge in [0.05, 0.1) is 41.4 Å². The van der Waals surface area contributed by atoms with Gasteiger partial charge in [-0.25, -0.2) is 32.9 Å². The SMILES string of the molecule is COc1cc2nc(CCn3c(=O)n4n(c3=O)[C@@H]3CC5=C(C(=O)C(I)=CC5=O)[C@@H](c5ccc(O)c(F)c5)C3=CC4)c(=O)n(C)c2cc1OC. The third-order valence-corrected chi connectivity index (χ3v) is 10.0. The number of ether oxygens (including phenoxy) is 2. The van der Waals surface area contributed by atoms with E-state index in [4.69, 9.17) is 9.47 Å². The quantitative estimate of drug-likeness (QED) is 0.177. The normalized spacial score (nSPS) is 18.7. The number of hydrogen-bond donors (Lipinski definition) is 1. The lowest BCUT2D eigenvalue weighted by Crippen LogP contribution is -2.40. The van der Waals surface area contributed by atoms with Gasteiger partial charge in [0.1, 0.15) is 5.69 Å². The molecule has 0 amide bonds. The van der Waals surface area contributed by atoms with Crippen LogP contribution in [0.5, 0.6) is 17.2 Å². The topological polar surface area (TPSA) is 157 Å². The molecule has 0 radical (unpaired) electrons. The van der Waals surface area contributed by atoms with E-state index in [0.29, 0.717) is 33.7 Å². The Balaban J connectivity index is 1.29. The van der Waals surface area contributed by atoms with Gasteiger partial charge in [-0.05, 0) is 45.9 Å². The number of aryl methyl sites for hydroxylation is 2. The van der Waals surface area contributed by atoms with Crippen molar-refractivity contribution in [2.45, 2.75) is 37.9 Å². The number of fused-ring (bicyclic) bond motifs is 4. The molecule has 0 bridgehead atoms. The summed E-state index contributed by atoms with van der Waals surface area (Å²) < 4.78 is 30.5. The van der Waals surface area contributed by atoms with Crippen LogP contribution in [0.25, 0.3) is 11.0 Å². The first kappa shape index (κ1) is 31.5. The van der Waals surface area contributed by atoms with E-state index in [1.54, 1.807) is 47.8 Å². The summed E-state index contributed by atoms with van der Waals surface area (Å²) in [4.78, 5) is 72.2. The van der Waals surface area contributed by atoms with Gasteiger partial charge in [0.2, 0.25) is 0 Å². The van der Waals surface area contributed by atoms with E-state index in [2.05, 4.69) is 4.98 Å². The lowest BCUT2D eigenvalue weighted by atomic mass is 9.69. The largest absolute Gasteiger partial charge is 0.505 e. The van der Waals surface area contributed by atoms with Crippen LogP contribution in [0.15, 0.2) is 77.2 Å². The van der Waals surface area contributed by atoms with Crippen molar-refractivity contribution in [2.75, 3.05) is 14.2 Å². The monoisotopic (exact) mass is 767 g/mol. The molecule has 0 fully saturated rings. The highest BCUT2D eigenvalue weighted by molar-refractivity contribution is 14.1. The van der Waals surface area contributed by atoms with Gasteiger partial charge in [-0.3, -0.25) is 14.4 Å². The number of Topliss-reactive ketones (excluding diaryl/α,β-unsaturated/α-hetero) is 1. The van der Waals surface area contributed by atoms with Crippen LogP contribution < -0.4 is 26.4 Å². The molecule has 3 heterocycles. The molecule has 0 saturated heterocycles. The molecule has 7 rings (SSSR count). The minimum atomic E-state index is -0.903. The summed E-state index contributed by atoms with van der Waals surface area (Å²) in [5.74, 6) is -2.32. The zero-order chi connectivity index (χ0) is 34.2. The summed E-state index contributed by atoms with van der Waals surface area (Å²) in [7, 11) is 4.55. The zero-order valence-corrected chi connectivity index (χ0v) is 28.0. The number of aromatic hydroxyl groups is 1. The van der Waals surface area contributed by atoms with E-state index in [1.165, 1.54) is 46.4 Å². The van der Waals surface area contributed by atoms with Crippen LogP contribution in [0.2, 0.25) is 0 Å². The number of benzene rings is 2. The van der Waals surface area contributed by atoms with E-state index >= 15 is 0 Å². The Morgan fingerprint density at radius 1 is 1.04 bits per heavy atom. The van der Waals surface area contributed by atoms with Crippen molar-refractivity contribution in [3.05, 3.63) is 111 Å². The number of hydrogen-bond acceptors (Lipinski definition) is 9. The molecule has 2 aromatic heterocycles. The smallest absolute Gasteiger partial charge is 0.347 e. The third kappa shape index (κ3) is 4.70. The number of allylic oxidation sites excluding steroid dienone is 6. The van der Waals surface area contributed by atoms with Crippen molar-refractivity contribution in [3.63, 3.8) is 0 Å². The first-order chi connectivity index (χ1) is 22.9. The Morgan fingerprint density at radius 3 is 2.48 bits per heavy atom. The minimum absolute atomic E-state index is 0.0285. The Morgan fingerprint density at radius 2 is 1.77 bits per heavy atom. The highest BCUT2D eigenvalue weighted by Crippen LogP contribution is 2.50. The standard InChI is InChI=1S/C33H27FIN5O8/c1-37-23-14-27(48-3)26(47-2)13-21(23)36-20(31(37)44)7-8-38-32(45)39-9-6-16-22(40(39)33(38)46)11-17-25(42)12-19(35)30(43)29(17)28(16)15-4-5-24(41)18(34)10-15/h4-6,10,12-14,22,28,41H,7-9,11H2,1-3H3/t22-,28+/m1/s1. The summed E-state index contributed by atoms with van der Waals surface area (Å²) in [6.45, 7) is -0.189. The van der Waals surface area contributed by atoms with Crippen LogP contribution in [0, 0.1) is 5.82 Å². The van der Waals surface area contributed by atoms with Crippen molar-refractivity contribution in [2.24, 2.45) is 7.05 Å². The summed E-state index contributed by atoms with van der Waals surface area (Å²) in [5, 5.41) is 9.85. The molecule has 15 heteroatoms. The Bertz CT molecular complexity index is 2400. The molecular formula is C33H27FIN5O8. The van der Waals surface area contributed by atoms with Gasteiger partial charge < -0.3 is 19.1 Å². The Hall–Kier alpha value is -5.06. The number of methoxy groups -OCH3 is 2. The maximum absolute atomic E-state index is 14.6. The molecule has 0 spiro atoms. The van der Waals surface area contributed by atoms with E-state index in [1.807, 2.05) is 0 Å². The van der Waals surface area contributed by atoms with Crippen LogP contribution in [0.1, 0.15) is 29.6 Å². The molecule has 3 aliphatic rings. The highest BCUT2D eigenvalue weighted by atomic mass is 127. The molecule has 0 unspecified atom stereocenters. The second kappa shape index (κ2) is 11.6. The maximum Gasteiger partial charge on any atom is 0.347 e. The maximum atomic E-state index is 14.6. The molecule has 2 aliphatic carbocycles. The lowest BCUT2D eigenvalue weighted by molar-refractivity contribution is -0.115. The summed E-state index contributed by atoms with van der Waals surface area (Å²) in [5.41, 5.74) is 0.638. The van der Waals surface area contributed by atoms with E-state index < -0.39 is 46.2 Å². The number of ketones is 2. The zero-order valence-electron chi connectivity index (χ0n) is 25.8. The van der Waals surface area contributed by atoms with E-state index in [0.717, 1.165) is 10.6 Å². The molecule has 2 atom stereocenters. The number of halogens is 2. The first-order valence-corrected chi connectivity index (χ1v) is 15.9. The fraction of sp³-hybridized carbons (Fsp3) is 0.273. The van der Waals surface area contributed by atoms with Crippen LogP contribution in [0.3, 0.4) is 0 Å².